The molecular formula is C11H19N3O2. The zero-order valence-corrected chi connectivity index (χ0v) is 9.89. The van der Waals surface area contributed by atoms with Gasteiger partial charge < -0.3 is 9.84 Å². The lowest BCUT2D eigenvalue weighted by Gasteiger charge is -2.33. The summed E-state index contributed by atoms with van der Waals surface area (Å²) in [7, 11) is 1.68. The van der Waals surface area contributed by atoms with Crippen LogP contribution in [0.25, 0.3) is 0 Å². The Bertz CT molecular complexity index is 351. The van der Waals surface area contributed by atoms with Crippen molar-refractivity contribution < 1.29 is 9.84 Å². The summed E-state index contributed by atoms with van der Waals surface area (Å²) in [5, 5.41) is 13.5. The van der Waals surface area contributed by atoms with Crippen molar-refractivity contribution >= 4 is 0 Å². The summed E-state index contributed by atoms with van der Waals surface area (Å²) in [6, 6.07) is 2.51. The molecule has 0 unspecified atom stereocenters. The van der Waals surface area contributed by atoms with Crippen LogP contribution in [0.5, 0.6) is 0 Å². The van der Waals surface area contributed by atoms with Crippen LogP contribution in [0.4, 0.5) is 0 Å². The van der Waals surface area contributed by atoms with E-state index in [2.05, 4.69) is 23.0 Å². The van der Waals surface area contributed by atoms with Gasteiger partial charge in [-0.2, -0.15) is 5.10 Å². The first-order valence-electron chi connectivity index (χ1n) is 5.64. The van der Waals surface area contributed by atoms with E-state index in [0.717, 1.165) is 25.3 Å². The molecule has 0 bridgehead atoms. The van der Waals surface area contributed by atoms with Gasteiger partial charge in [-0.3, -0.25) is 9.58 Å². The molecule has 1 aromatic rings. The Hall–Kier alpha value is -0.910. The molecular weight excluding hydrogens is 206 g/mol. The number of β-amino-alcohol motifs (C(OH)–C–C–N with tert-alkyl or cyclic N) is 1. The van der Waals surface area contributed by atoms with E-state index in [9.17, 15) is 0 Å². The van der Waals surface area contributed by atoms with Crippen molar-refractivity contribution in [3.63, 3.8) is 0 Å². The zero-order valence-electron chi connectivity index (χ0n) is 9.89. The molecule has 90 valence electrons. The van der Waals surface area contributed by atoms with Gasteiger partial charge in [0, 0.05) is 26.2 Å². The standard InChI is InChI=1S/C11H19N3O2/c1-9-6-14-11(7-13(9)3-4-15)5-10(12-14)8-16-2/h5,9,15H,3-4,6-8H2,1-2H3/t9-/m1/s1. The predicted octanol–water partition coefficient (Wildman–Crippen LogP) is 0.226. The summed E-state index contributed by atoms with van der Waals surface area (Å²) in [6.45, 7) is 5.41. The van der Waals surface area contributed by atoms with E-state index in [1.54, 1.807) is 7.11 Å². The maximum Gasteiger partial charge on any atom is 0.0902 e. The summed E-state index contributed by atoms with van der Waals surface area (Å²) < 4.78 is 7.13. The average molecular weight is 225 g/mol. The number of methoxy groups -OCH3 is 1. The lowest BCUT2D eigenvalue weighted by Crippen LogP contribution is -2.42. The fraction of sp³-hybridized carbons (Fsp3) is 0.727. The Labute approximate surface area is 95.6 Å². The van der Waals surface area contributed by atoms with Gasteiger partial charge in [-0.25, -0.2) is 0 Å². The monoisotopic (exact) mass is 225 g/mol. The quantitative estimate of drug-likeness (QED) is 0.796. The Morgan fingerprint density at radius 1 is 1.62 bits per heavy atom. The molecule has 1 N–H and O–H groups in total. The van der Waals surface area contributed by atoms with Crippen LogP contribution in [-0.2, 0) is 24.4 Å². The highest BCUT2D eigenvalue weighted by Gasteiger charge is 2.23. The van der Waals surface area contributed by atoms with Crippen LogP contribution in [0.15, 0.2) is 6.07 Å². The molecule has 1 aromatic heterocycles. The summed E-state index contributed by atoms with van der Waals surface area (Å²) in [6.07, 6.45) is 0. The first-order chi connectivity index (χ1) is 7.74. The van der Waals surface area contributed by atoms with Gasteiger partial charge >= 0.3 is 0 Å². The van der Waals surface area contributed by atoms with Crippen molar-refractivity contribution in [1.29, 1.82) is 0 Å². The third-order valence-corrected chi connectivity index (χ3v) is 3.02. The van der Waals surface area contributed by atoms with Gasteiger partial charge in [-0.1, -0.05) is 0 Å². The highest BCUT2D eigenvalue weighted by Crippen LogP contribution is 2.18. The number of hydrogen-bond donors (Lipinski definition) is 1. The van der Waals surface area contributed by atoms with Crippen LogP contribution in [-0.4, -0.2) is 46.1 Å². The van der Waals surface area contributed by atoms with Gasteiger partial charge in [0.25, 0.3) is 0 Å². The van der Waals surface area contributed by atoms with Crippen LogP contribution in [0, 0.1) is 0 Å². The first-order valence-corrected chi connectivity index (χ1v) is 5.64. The van der Waals surface area contributed by atoms with E-state index in [1.165, 1.54) is 5.69 Å². The molecule has 0 spiro atoms. The molecule has 0 radical (unpaired) electrons. The second kappa shape index (κ2) is 4.95. The zero-order chi connectivity index (χ0) is 11.5. The number of aliphatic hydroxyl groups is 1. The van der Waals surface area contributed by atoms with Gasteiger partial charge in [0.1, 0.15) is 0 Å². The van der Waals surface area contributed by atoms with Crippen molar-refractivity contribution in [2.24, 2.45) is 0 Å². The molecule has 5 nitrogen and oxygen atoms in total. The second-order valence-electron chi connectivity index (χ2n) is 4.29. The van der Waals surface area contributed by atoms with E-state index in [0.29, 0.717) is 12.6 Å². The van der Waals surface area contributed by atoms with Crippen LogP contribution in [0.3, 0.4) is 0 Å². The van der Waals surface area contributed by atoms with Crippen molar-refractivity contribution in [3.8, 4) is 0 Å². The Morgan fingerprint density at radius 3 is 3.12 bits per heavy atom. The molecule has 0 saturated carbocycles. The predicted molar refractivity (Wildman–Crippen MR) is 59.9 cm³/mol. The normalized spacial score (nSPS) is 21.1. The van der Waals surface area contributed by atoms with Crippen LogP contribution < -0.4 is 0 Å². The van der Waals surface area contributed by atoms with E-state index in [4.69, 9.17) is 9.84 Å². The summed E-state index contributed by atoms with van der Waals surface area (Å²) in [5.74, 6) is 0. The van der Waals surface area contributed by atoms with E-state index >= 15 is 0 Å². The molecule has 16 heavy (non-hydrogen) atoms. The van der Waals surface area contributed by atoms with Crippen molar-refractivity contribution in [1.82, 2.24) is 14.7 Å². The molecule has 0 fully saturated rings. The average Bonchev–Trinajstić information content (AvgIpc) is 2.61. The molecule has 2 heterocycles. The fourth-order valence-electron chi connectivity index (χ4n) is 2.18. The minimum absolute atomic E-state index is 0.212. The molecule has 0 aromatic carbocycles. The van der Waals surface area contributed by atoms with Crippen molar-refractivity contribution in [3.05, 3.63) is 17.5 Å². The third-order valence-electron chi connectivity index (χ3n) is 3.02. The van der Waals surface area contributed by atoms with Gasteiger partial charge in [-0.15, -0.1) is 0 Å². The SMILES string of the molecule is COCc1cc2n(n1)C[C@@H](C)N(CCO)C2. The highest BCUT2D eigenvalue weighted by molar-refractivity contribution is 5.12. The van der Waals surface area contributed by atoms with Crippen LogP contribution >= 0.6 is 0 Å². The number of nitrogens with zero attached hydrogens (tertiary/aromatic N) is 3. The van der Waals surface area contributed by atoms with Crippen LogP contribution in [0.1, 0.15) is 18.3 Å². The minimum Gasteiger partial charge on any atom is -0.395 e. The highest BCUT2D eigenvalue weighted by atomic mass is 16.5. The Balaban J connectivity index is 2.12. The molecule has 0 aliphatic carbocycles. The molecule has 0 amide bonds. The van der Waals surface area contributed by atoms with Crippen LogP contribution in [0.2, 0.25) is 0 Å². The lowest BCUT2D eigenvalue weighted by atomic mass is 10.2. The number of ether oxygens (including phenoxy) is 1. The second-order valence-corrected chi connectivity index (χ2v) is 4.29. The Morgan fingerprint density at radius 2 is 2.44 bits per heavy atom. The number of rotatable bonds is 4. The van der Waals surface area contributed by atoms with E-state index in [-0.39, 0.29) is 6.61 Å². The largest absolute Gasteiger partial charge is 0.395 e. The number of hydrogen-bond acceptors (Lipinski definition) is 4. The topological polar surface area (TPSA) is 50.5 Å². The molecule has 0 saturated heterocycles. The van der Waals surface area contributed by atoms with Gasteiger partial charge in [-0.05, 0) is 13.0 Å². The fourth-order valence-corrected chi connectivity index (χ4v) is 2.18. The summed E-state index contributed by atoms with van der Waals surface area (Å²) in [4.78, 5) is 2.27. The summed E-state index contributed by atoms with van der Waals surface area (Å²) in [5.41, 5.74) is 2.19. The molecule has 2 rings (SSSR count). The molecule has 5 heteroatoms. The molecule has 1 atom stereocenters. The van der Waals surface area contributed by atoms with Crippen molar-refractivity contribution in [2.45, 2.75) is 32.7 Å². The number of fused-ring (bicyclic) bond motifs is 1. The van der Waals surface area contributed by atoms with Crippen molar-refractivity contribution in [2.75, 3.05) is 20.3 Å². The van der Waals surface area contributed by atoms with E-state index < -0.39 is 0 Å². The summed E-state index contributed by atoms with van der Waals surface area (Å²) >= 11 is 0. The number of aliphatic hydroxyl groups excluding tert-OH is 1. The van der Waals surface area contributed by atoms with Gasteiger partial charge in [0.2, 0.25) is 0 Å². The smallest absolute Gasteiger partial charge is 0.0902 e. The first kappa shape index (κ1) is 11.6. The maximum absolute atomic E-state index is 8.99. The Kier molecular flexibility index (Phi) is 3.58. The van der Waals surface area contributed by atoms with Gasteiger partial charge in [0.05, 0.1) is 31.1 Å². The molecule has 1 aliphatic heterocycles. The lowest BCUT2D eigenvalue weighted by molar-refractivity contribution is 0.114. The third kappa shape index (κ3) is 2.26. The minimum atomic E-state index is 0.212. The molecule has 1 aliphatic rings. The van der Waals surface area contributed by atoms with E-state index in [1.807, 2.05) is 4.68 Å². The van der Waals surface area contributed by atoms with Gasteiger partial charge in [0.15, 0.2) is 0 Å². The number of aromatic nitrogens is 2. The maximum atomic E-state index is 8.99.